The van der Waals surface area contributed by atoms with Gasteiger partial charge in [0.1, 0.15) is 18.7 Å². The molecule has 1 aromatic carbocycles. The van der Waals surface area contributed by atoms with Gasteiger partial charge in [-0.3, -0.25) is 4.79 Å². The Morgan fingerprint density at radius 1 is 1.14 bits per heavy atom. The van der Waals surface area contributed by atoms with Gasteiger partial charge in [-0.05, 0) is 30.7 Å². The first-order valence-corrected chi connectivity index (χ1v) is 9.22. The number of nitriles is 1. The molecular formula is C20H27N3O5. The van der Waals surface area contributed by atoms with E-state index in [0.29, 0.717) is 19.3 Å². The van der Waals surface area contributed by atoms with Gasteiger partial charge in [0.2, 0.25) is 5.91 Å². The topological polar surface area (TPSA) is 129 Å². The van der Waals surface area contributed by atoms with E-state index in [1.807, 2.05) is 36.4 Å². The third-order valence-corrected chi connectivity index (χ3v) is 4.08. The maximum atomic E-state index is 12.5. The van der Waals surface area contributed by atoms with E-state index >= 15 is 0 Å². The lowest BCUT2D eigenvalue weighted by Crippen LogP contribution is -2.53. The molecule has 2 atom stereocenters. The van der Waals surface area contributed by atoms with E-state index in [2.05, 4.69) is 10.6 Å². The number of alkyl carbamates (subject to hydrolysis) is 1. The highest BCUT2D eigenvalue weighted by Crippen LogP contribution is 2.08. The number of carboxylic acids is 1. The largest absolute Gasteiger partial charge is 0.480 e. The molecule has 0 aromatic heterocycles. The minimum absolute atomic E-state index is 0.0652. The summed E-state index contributed by atoms with van der Waals surface area (Å²) in [7, 11) is 0. The molecule has 0 spiro atoms. The first kappa shape index (κ1) is 23.0. The normalized spacial score (nSPS) is 12.5. The summed E-state index contributed by atoms with van der Waals surface area (Å²) in [5.74, 6) is -2.00. The van der Waals surface area contributed by atoms with Crippen LogP contribution in [0.25, 0.3) is 0 Å². The molecular weight excluding hydrogens is 362 g/mol. The van der Waals surface area contributed by atoms with E-state index in [-0.39, 0.29) is 18.9 Å². The number of benzene rings is 1. The van der Waals surface area contributed by atoms with E-state index in [4.69, 9.17) is 10.00 Å². The number of hydrogen-bond acceptors (Lipinski definition) is 5. The Morgan fingerprint density at radius 3 is 2.39 bits per heavy atom. The van der Waals surface area contributed by atoms with Crippen LogP contribution in [0.15, 0.2) is 30.3 Å². The van der Waals surface area contributed by atoms with Gasteiger partial charge in [-0.25, -0.2) is 9.59 Å². The monoisotopic (exact) mass is 389 g/mol. The lowest BCUT2D eigenvalue weighted by molar-refractivity contribution is -0.142. The number of rotatable bonds is 11. The van der Waals surface area contributed by atoms with Gasteiger partial charge >= 0.3 is 12.1 Å². The van der Waals surface area contributed by atoms with Gasteiger partial charge in [0.25, 0.3) is 0 Å². The van der Waals surface area contributed by atoms with Gasteiger partial charge in [0, 0.05) is 6.42 Å². The fourth-order valence-corrected chi connectivity index (χ4v) is 2.50. The summed E-state index contributed by atoms with van der Waals surface area (Å²) in [5.41, 5.74) is 0.812. The maximum Gasteiger partial charge on any atom is 0.408 e. The zero-order chi connectivity index (χ0) is 20.9. The van der Waals surface area contributed by atoms with Crippen LogP contribution in [0.3, 0.4) is 0 Å². The minimum atomic E-state index is -1.15. The third-order valence-electron chi connectivity index (χ3n) is 4.08. The van der Waals surface area contributed by atoms with Crippen molar-refractivity contribution in [3.8, 4) is 6.07 Å². The molecule has 0 aliphatic rings. The molecule has 0 radical (unpaired) electrons. The van der Waals surface area contributed by atoms with Crippen molar-refractivity contribution >= 4 is 18.0 Å². The second-order valence-electron chi connectivity index (χ2n) is 6.73. The molecule has 28 heavy (non-hydrogen) atoms. The van der Waals surface area contributed by atoms with Crippen LogP contribution < -0.4 is 10.6 Å². The van der Waals surface area contributed by atoms with Gasteiger partial charge in [0.05, 0.1) is 6.07 Å². The van der Waals surface area contributed by atoms with Gasteiger partial charge < -0.3 is 20.5 Å². The highest BCUT2D eigenvalue weighted by molar-refractivity contribution is 5.89. The molecule has 0 heterocycles. The smallest absolute Gasteiger partial charge is 0.408 e. The second-order valence-corrected chi connectivity index (χ2v) is 6.73. The van der Waals surface area contributed by atoms with Gasteiger partial charge in [-0.15, -0.1) is 0 Å². The minimum Gasteiger partial charge on any atom is -0.480 e. The summed E-state index contributed by atoms with van der Waals surface area (Å²) in [6.07, 6.45) is 0.867. The fraction of sp³-hybridized carbons (Fsp3) is 0.500. The van der Waals surface area contributed by atoms with Crippen molar-refractivity contribution in [3.05, 3.63) is 35.9 Å². The summed E-state index contributed by atoms with van der Waals surface area (Å²) in [6.45, 7) is 3.55. The number of aliphatic carboxylic acids is 1. The molecule has 1 aromatic rings. The fourth-order valence-electron chi connectivity index (χ4n) is 2.50. The Morgan fingerprint density at radius 2 is 1.82 bits per heavy atom. The van der Waals surface area contributed by atoms with Crippen LogP contribution in [-0.2, 0) is 20.9 Å². The molecule has 8 heteroatoms. The molecule has 8 nitrogen and oxygen atoms in total. The zero-order valence-electron chi connectivity index (χ0n) is 16.2. The van der Waals surface area contributed by atoms with Crippen LogP contribution in [0.5, 0.6) is 0 Å². The van der Waals surface area contributed by atoms with Gasteiger partial charge in [0.15, 0.2) is 0 Å². The number of hydrogen-bond donors (Lipinski definition) is 3. The number of amides is 2. The molecule has 0 fully saturated rings. The van der Waals surface area contributed by atoms with Crippen LogP contribution in [-0.4, -0.2) is 35.2 Å². The van der Waals surface area contributed by atoms with E-state index in [1.165, 1.54) is 0 Å². The second kappa shape index (κ2) is 12.3. The standard InChI is InChI=1S/C20H27N3O5/c1-14(2)17(23-20(27)28-13-15-9-5-3-6-10-15)18(24)22-16(19(25)26)11-7-4-8-12-21/h3,5-6,9-10,14,16-17H,4,7-8,11,13H2,1-2H3,(H,22,24)(H,23,27)(H,25,26)/t16-,17-/m0/s1. The van der Waals surface area contributed by atoms with Crippen molar-refractivity contribution in [2.75, 3.05) is 0 Å². The molecule has 3 N–H and O–H groups in total. The molecule has 0 saturated heterocycles. The number of unbranched alkanes of at least 4 members (excludes halogenated alkanes) is 2. The van der Waals surface area contributed by atoms with Gasteiger partial charge in [-0.1, -0.05) is 44.2 Å². The molecule has 2 amide bonds. The summed E-state index contributed by atoms with van der Waals surface area (Å²) in [5, 5.41) is 22.8. The molecule has 0 aliphatic carbocycles. The highest BCUT2D eigenvalue weighted by Gasteiger charge is 2.28. The Labute approximate surface area is 164 Å². The Kier molecular flexibility index (Phi) is 10.1. The first-order chi connectivity index (χ1) is 13.3. The molecule has 152 valence electrons. The first-order valence-electron chi connectivity index (χ1n) is 9.22. The van der Waals surface area contributed by atoms with Crippen molar-refractivity contribution in [1.29, 1.82) is 5.26 Å². The SMILES string of the molecule is CC(C)[C@H](NC(=O)OCc1ccccc1)C(=O)N[C@@H](CCCCC#N)C(=O)O. The highest BCUT2D eigenvalue weighted by atomic mass is 16.5. The number of nitrogens with zero attached hydrogens (tertiary/aromatic N) is 1. The molecule has 0 saturated carbocycles. The average molecular weight is 389 g/mol. The predicted octanol–water partition coefficient (Wildman–Crippen LogP) is 2.59. The lowest BCUT2D eigenvalue weighted by Gasteiger charge is -2.23. The molecule has 0 bridgehead atoms. The summed E-state index contributed by atoms with van der Waals surface area (Å²) in [6, 6.07) is 9.11. The summed E-state index contributed by atoms with van der Waals surface area (Å²) < 4.78 is 5.13. The van der Waals surface area contributed by atoms with Crippen molar-refractivity contribution in [2.24, 2.45) is 5.92 Å². The Balaban J connectivity index is 2.59. The van der Waals surface area contributed by atoms with E-state index < -0.39 is 30.1 Å². The third kappa shape index (κ3) is 8.54. The molecule has 0 unspecified atom stereocenters. The van der Waals surface area contributed by atoms with Crippen molar-refractivity contribution < 1.29 is 24.2 Å². The molecule has 1 rings (SSSR count). The number of carboxylic acid groups (broad SMARTS) is 1. The van der Waals surface area contributed by atoms with E-state index in [0.717, 1.165) is 5.56 Å². The van der Waals surface area contributed by atoms with E-state index in [9.17, 15) is 19.5 Å². The Bertz CT molecular complexity index is 685. The number of carbonyl (C=O) groups excluding carboxylic acids is 2. The number of carbonyl (C=O) groups is 3. The van der Waals surface area contributed by atoms with Crippen LogP contribution in [0.1, 0.15) is 45.1 Å². The summed E-state index contributed by atoms with van der Waals surface area (Å²) in [4.78, 5) is 35.9. The predicted molar refractivity (Wildman–Crippen MR) is 102 cm³/mol. The van der Waals surface area contributed by atoms with Crippen LogP contribution in [0, 0.1) is 17.2 Å². The van der Waals surface area contributed by atoms with Gasteiger partial charge in [-0.2, -0.15) is 5.26 Å². The Hall–Kier alpha value is -3.08. The lowest BCUT2D eigenvalue weighted by atomic mass is 10.0. The van der Waals surface area contributed by atoms with Crippen LogP contribution in [0.4, 0.5) is 4.79 Å². The van der Waals surface area contributed by atoms with Crippen LogP contribution in [0.2, 0.25) is 0 Å². The number of nitrogens with one attached hydrogen (secondary N) is 2. The van der Waals surface area contributed by atoms with Crippen molar-refractivity contribution in [2.45, 2.75) is 58.2 Å². The molecule has 0 aliphatic heterocycles. The average Bonchev–Trinajstić information content (AvgIpc) is 2.67. The summed E-state index contributed by atoms with van der Waals surface area (Å²) >= 11 is 0. The van der Waals surface area contributed by atoms with Crippen molar-refractivity contribution in [3.63, 3.8) is 0 Å². The zero-order valence-corrected chi connectivity index (χ0v) is 16.2. The van der Waals surface area contributed by atoms with E-state index in [1.54, 1.807) is 13.8 Å². The quantitative estimate of drug-likeness (QED) is 0.499. The van der Waals surface area contributed by atoms with Crippen molar-refractivity contribution in [1.82, 2.24) is 10.6 Å². The maximum absolute atomic E-state index is 12.5. The van der Waals surface area contributed by atoms with Crippen LogP contribution >= 0.6 is 0 Å². The number of ether oxygens (including phenoxy) is 1.